The van der Waals surface area contributed by atoms with E-state index >= 15 is 0 Å². The van der Waals surface area contributed by atoms with Gasteiger partial charge in [-0.25, -0.2) is 4.68 Å². The van der Waals surface area contributed by atoms with Crippen molar-refractivity contribution in [3.05, 3.63) is 42.2 Å². The van der Waals surface area contributed by atoms with Crippen LogP contribution in [-0.2, 0) is 9.59 Å². The van der Waals surface area contributed by atoms with Crippen LogP contribution < -0.4 is 67.5 Å². The molecule has 25 heavy (non-hydrogen) atoms. The molecule has 0 fully saturated rings. The molecule has 0 radical (unpaired) electrons. The normalized spacial score (nSPS) is 11.2. The summed E-state index contributed by atoms with van der Waals surface area (Å²) in [6.45, 7) is 0. The number of carbonyl (C=O) groups is 3. The van der Waals surface area contributed by atoms with Gasteiger partial charge in [-0.05, 0) is 31.0 Å². The number of carboxylic acids is 1. The molecule has 2 amide bonds. The van der Waals surface area contributed by atoms with Gasteiger partial charge in [0.05, 0.1) is 11.4 Å². The fraction of sp³-hybridized carbons (Fsp3) is 0.200. The standard InChI is InChI=1S/C15H16N4O5.K/c16-14(23)10-7-8-19(18-10)11-4-2-1-3-9(11)17-15(24)12(20)5-6-13(21)22;/h1-4,7-8,12,20H,5-6H2,(H2,16,23)(H,17,24)(H,21,22);/q;+1/p-1/t12-;/m1./s1. The Balaban J connectivity index is 0.00000312. The number of benzene rings is 1. The third-order valence-corrected chi connectivity index (χ3v) is 3.17. The fourth-order valence-corrected chi connectivity index (χ4v) is 1.97. The first kappa shape index (κ1) is 21.5. The molecule has 0 bridgehead atoms. The van der Waals surface area contributed by atoms with Gasteiger partial charge in [-0.3, -0.25) is 9.59 Å². The molecule has 10 heteroatoms. The number of aliphatic hydroxyl groups excluding tert-OH is 1. The van der Waals surface area contributed by atoms with E-state index in [1.54, 1.807) is 24.3 Å². The van der Waals surface area contributed by atoms with Gasteiger partial charge in [0.25, 0.3) is 11.8 Å². The first-order chi connectivity index (χ1) is 11.4. The molecule has 9 nitrogen and oxygen atoms in total. The second kappa shape index (κ2) is 9.80. The van der Waals surface area contributed by atoms with E-state index in [0.717, 1.165) is 0 Å². The number of carboxylic acid groups (broad SMARTS) is 1. The minimum Gasteiger partial charge on any atom is -0.550 e. The predicted molar refractivity (Wildman–Crippen MR) is 81.0 cm³/mol. The molecule has 0 saturated carbocycles. The van der Waals surface area contributed by atoms with Crippen molar-refractivity contribution in [2.45, 2.75) is 18.9 Å². The molecule has 2 aromatic rings. The van der Waals surface area contributed by atoms with E-state index in [9.17, 15) is 24.6 Å². The van der Waals surface area contributed by atoms with Gasteiger partial charge in [-0.1, -0.05) is 12.1 Å². The number of hydrogen-bond acceptors (Lipinski definition) is 6. The van der Waals surface area contributed by atoms with E-state index in [1.807, 2.05) is 0 Å². The SMILES string of the molecule is NC(=O)c1ccn(-c2ccccc2NC(=O)[C@H](O)CCC(=O)[O-])n1.[K+]. The second-order valence-corrected chi connectivity index (χ2v) is 4.94. The van der Waals surface area contributed by atoms with Gasteiger partial charge in [0, 0.05) is 12.2 Å². The van der Waals surface area contributed by atoms with E-state index in [1.165, 1.54) is 16.9 Å². The maximum atomic E-state index is 11.9. The van der Waals surface area contributed by atoms with Gasteiger partial charge in [0.15, 0.2) is 0 Å². The number of nitrogens with zero attached hydrogens (tertiary/aromatic N) is 2. The van der Waals surface area contributed by atoms with Crippen LogP contribution in [-0.4, -0.2) is 38.8 Å². The van der Waals surface area contributed by atoms with Crippen molar-refractivity contribution in [2.24, 2.45) is 5.73 Å². The van der Waals surface area contributed by atoms with Gasteiger partial charge < -0.3 is 26.1 Å². The number of para-hydroxylation sites is 2. The second-order valence-electron chi connectivity index (χ2n) is 4.94. The van der Waals surface area contributed by atoms with E-state index in [4.69, 9.17) is 5.73 Å². The Morgan fingerprint density at radius 3 is 2.56 bits per heavy atom. The molecule has 1 heterocycles. The van der Waals surface area contributed by atoms with Crippen molar-refractivity contribution in [1.82, 2.24) is 9.78 Å². The van der Waals surface area contributed by atoms with Gasteiger partial charge in [-0.15, -0.1) is 0 Å². The summed E-state index contributed by atoms with van der Waals surface area (Å²) >= 11 is 0. The van der Waals surface area contributed by atoms with Crippen molar-refractivity contribution in [3.63, 3.8) is 0 Å². The zero-order valence-corrected chi connectivity index (χ0v) is 16.6. The van der Waals surface area contributed by atoms with Crippen LogP contribution in [0.25, 0.3) is 5.69 Å². The molecule has 1 atom stereocenters. The molecule has 0 unspecified atom stereocenters. The maximum Gasteiger partial charge on any atom is 1.00 e. The van der Waals surface area contributed by atoms with Crippen molar-refractivity contribution in [2.75, 3.05) is 5.32 Å². The van der Waals surface area contributed by atoms with E-state index in [2.05, 4.69) is 10.4 Å². The number of aliphatic carboxylic acids is 1. The Morgan fingerprint density at radius 2 is 1.96 bits per heavy atom. The predicted octanol–water partition coefficient (Wildman–Crippen LogP) is -4.20. The molecule has 0 aliphatic carbocycles. The number of aromatic nitrogens is 2. The van der Waals surface area contributed by atoms with Crippen LogP contribution in [0.15, 0.2) is 36.5 Å². The third-order valence-electron chi connectivity index (χ3n) is 3.17. The van der Waals surface area contributed by atoms with E-state index < -0.39 is 30.3 Å². The smallest absolute Gasteiger partial charge is 0.550 e. The molecule has 0 aliphatic rings. The largest absolute Gasteiger partial charge is 1.00 e. The van der Waals surface area contributed by atoms with Crippen molar-refractivity contribution in [3.8, 4) is 5.69 Å². The molecule has 0 aliphatic heterocycles. The van der Waals surface area contributed by atoms with Crippen molar-refractivity contribution in [1.29, 1.82) is 0 Å². The van der Waals surface area contributed by atoms with Gasteiger partial charge >= 0.3 is 51.4 Å². The first-order valence-electron chi connectivity index (χ1n) is 7.02. The number of anilines is 1. The molecule has 126 valence electrons. The van der Waals surface area contributed by atoms with E-state index in [-0.39, 0.29) is 63.5 Å². The summed E-state index contributed by atoms with van der Waals surface area (Å²) < 4.78 is 1.35. The van der Waals surface area contributed by atoms with Crippen LogP contribution in [0.2, 0.25) is 0 Å². The minimum absolute atomic E-state index is 0. The Labute approximate surface area is 185 Å². The maximum absolute atomic E-state index is 11.9. The summed E-state index contributed by atoms with van der Waals surface area (Å²) in [7, 11) is 0. The number of aliphatic hydroxyl groups is 1. The first-order valence-corrected chi connectivity index (χ1v) is 7.02. The van der Waals surface area contributed by atoms with Crippen LogP contribution in [0.4, 0.5) is 5.69 Å². The minimum atomic E-state index is -1.49. The van der Waals surface area contributed by atoms with Crippen molar-refractivity contribution >= 4 is 23.5 Å². The molecular weight excluding hydrogens is 355 g/mol. The molecule has 0 saturated heterocycles. The average molecular weight is 370 g/mol. The van der Waals surface area contributed by atoms with Crippen LogP contribution in [0.3, 0.4) is 0 Å². The zero-order valence-electron chi connectivity index (χ0n) is 13.5. The number of nitrogens with one attached hydrogen (secondary N) is 1. The number of rotatable bonds is 7. The number of carbonyl (C=O) groups excluding carboxylic acids is 3. The quantitative estimate of drug-likeness (QED) is 0.421. The summed E-state index contributed by atoms with van der Waals surface area (Å²) in [5.41, 5.74) is 5.99. The summed E-state index contributed by atoms with van der Waals surface area (Å²) in [5, 5.41) is 26.5. The van der Waals surface area contributed by atoms with Crippen LogP contribution in [0, 0.1) is 0 Å². The molecule has 2 rings (SSSR count). The Bertz CT molecular complexity index is 777. The van der Waals surface area contributed by atoms with Gasteiger partial charge in [0.2, 0.25) is 0 Å². The number of amides is 2. The topological polar surface area (TPSA) is 150 Å². The summed E-state index contributed by atoms with van der Waals surface area (Å²) in [4.78, 5) is 33.4. The number of nitrogens with two attached hydrogens (primary N) is 1. The summed E-state index contributed by atoms with van der Waals surface area (Å²) in [6, 6.07) is 8.00. The van der Waals surface area contributed by atoms with Crippen LogP contribution in [0.1, 0.15) is 23.3 Å². The Hall–Kier alpha value is -1.56. The third kappa shape index (κ3) is 6.03. The summed E-state index contributed by atoms with van der Waals surface area (Å²) in [6.07, 6.45) is -0.687. The summed E-state index contributed by atoms with van der Waals surface area (Å²) in [5.74, 6) is -2.79. The van der Waals surface area contributed by atoms with Crippen LogP contribution in [0.5, 0.6) is 0 Å². The van der Waals surface area contributed by atoms with Gasteiger partial charge in [0.1, 0.15) is 11.8 Å². The molecule has 0 spiro atoms. The fourth-order valence-electron chi connectivity index (χ4n) is 1.97. The monoisotopic (exact) mass is 370 g/mol. The van der Waals surface area contributed by atoms with Crippen LogP contribution >= 0.6 is 0 Å². The van der Waals surface area contributed by atoms with Gasteiger partial charge in [-0.2, -0.15) is 5.10 Å². The number of primary amides is 1. The number of hydrogen-bond donors (Lipinski definition) is 3. The Morgan fingerprint density at radius 1 is 1.28 bits per heavy atom. The molecular formula is C15H15KN4O5. The molecule has 1 aromatic carbocycles. The van der Waals surface area contributed by atoms with E-state index in [0.29, 0.717) is 11.4 Å². The molecule has 1 aromatic heterocycles. The Kier molecular flexibility index (Phi) is 8.42. The zero-order chi connectivity index (χ0) is 17.7. The molecule has 4 N–H and O–H groups in total. The average Bonchev–Trinajstić information content (AvgIpc) is 3.03. The van der Waals surface area contributed by atoms with Crippen molar-refractivity contribution < 1.29 is 76.0 Å².